The number of thioether (sulfide) groups is 1. The van der Waals surface area contributed by atoms with Crippen LogP contribution in [0.3, 0.4) is 0 Å². The number of ether oxygens (including phenoxy) is 1. The Morgan fingerprint density at radius 2 is 2.26 bits per heavy atom. The normalized spacial score (nSPS) is 10.4. The van der Waals surface area contributed by atoms with E-state index >= 15 is 0 Å². The maximum absolute atomic E-state index is 12.9. The van der Waals surface area contributed by atoms with Crippen molar-refractivity contribution in [1.29, 1.82) is 0 Å². The van der Waals surface area contributed by atoms with E-state index in [0.717, 1.165) is 24.5 Å². The number of rotatable bonds is 8. The molecule has 1 aromatic rings. The number of nitrogens with two attached hydrogens (primary N) is 1. The van der Waals surface area contributed by atoms with Gasteiger partial charge >= 0.3 is 0 Å². The summed E-state index contributed by atoms with van der Waals surface area (Å²) in [5.41, 5.74) is 5.98. The molecule has 0 atom stereocenters. The van der Waals surface area contributed by atoms with Crippen LogP contribution in [0.4, 0.5) is 15.8 Å². The van der Waals surface area contributed by atoms with E-state index in [4.69, 9.17) is 10.5 Å². The summed E-state index contributed by atoms with van der Waals surface area (Å²) in [7, 11) is 1.67. The lowest BCUT2D eigenvalue weighted by Crippen LogP contribution is -2.12. The third kappa shape index (κ3) is 6.45. The molecule has 0 aliphatic heterocycles. The Hall–Kier alpha value is -1.27. The molecule has 4 nitrogen and oxygen atoms in total. The summed E-state index contributed by atoms with van der Waals surface area (Å²) in [5, 5.41) is 2.69. The second-order valence-electron chi connectivity index (χ2n) is 3.99. The molecule has 0 aliphatic carbocycles. The van der Waals surface area contributed by atoms with Gasteiger partial charge in [-0.25, -0.2) is 4.39 Å². The van der Waals surface area contributed by atoms with E-state index < -0.39 is 5.82 Å². The van der Waals surface area contributed by atoms with Crippen molar-refractivity contribution in [3.63, 3.8) is 0 Å². The minimum Gasteiger partial charge on any atom is -0.396 e. The van der Waals surface area contributed by atoms with Gasteiger partial charge in [0.05, 0.1) is 12.3 Å². The number of benzene rings is 1. The summed E-state index contributed by atoms with van der Waals surface area (Å²) in [4.78, 5) is 11.6. The summed E-state index contributed by atoms with van der Waals surface area (Å²) in [6, 6.07) is 4.16. The van der Waals surface area contributed by atoms with Gasteiger partial charge in [0.2, 0.25) is 5.91 Å². The second kappa shape index (κ2) is 8.77. The van der Waals surface area contributed by atoms with Gasteiger partial charge in [0, 0.05) is 25.0 Å². The molecule has 0 heterocycles. The molecule has 1 rings (SSSR count). The van der Waals surface area contributed by atoms with Crippen molar-refractivity contribution in [2.45, 2.75) is 12.8 Å². The Morgan fingerprint density at radius 1 is 1.47 bits per heavy atom. The first kappa shape index (κ1) is 15.8. The van der Waals surface area contributed by atoms with Crippen LogP contribution in [0, 0.1) is 5.82 Å². The Balaban J connectivity index is 2.21. The average Bonchev–Trinajstić information content (AvgIpc) is 2.38. The van der Waals surface area contributed by atoms with Gasteiger partial charge in [0.25, 0.3) is 0 Å². The number of carbonyl (C=O) groups excluding carboxylic acids is 1. The fraction of sp³-hybridized carbons (Fsp3) is 0.462. The highest BCUT2D eigenvalue weighted by atomic mass is 32.2. The maximum Gasteiger partial charge on any atom is 0.224 e. The molecular weight excluding hydrogens is 267 g/mol. The first-order valence-electron chi connectivity index (χ1n) is 6.05. The number of methoxy groups -OCH3 is 1. The zero-order valence-electron chi connectivity index (χ0n) is 10.9. The van der Waals surface area contributed by atoms with Gasteiger partial charge in [0.1, 0.15) is 5.82 Å². The van der Waals surface area contributed by atoms with Crippen molar-refractivity contribution in [2.75, 3.05) is 36.3 Å². The molecule has 0 fully saturated rings. The number of hydrogen-bond acceptors (Lipinski definition) is 4. The molecule has 0 aromatic heterocycles. The Morgan fingerprint density at radius 3 is 2.95 bits per heavy atom. The third-order valence-corrected chi connectivity index (χ3v) is 3.44. The molecule has 19 heavy (non-hydrogen) atoms. The van der Waals surface area contributed by atoms with Crippen LogP contribution in [0.25, 0.3) is 0 Å². The van der Waals surface area contributed by atoms with Crippen molar-refractivity contribution in [1.82, 2.24) is 0 Å². The predicted octanol–water partition coefficient (Wildman–Crippen LogP) is 2.51. The number of nitrogen functional groups attached to an aromatic ring is 1. The topological polar surface area (TPSA) is 64.3 Å². The lowest BCUT2D eigenvalue weighted by Gasteiger charge is -2.06. The first-order valence-corrected chi connectivity index (χ1v) is 7.20. The van der Waals surface area contributed by atoms with Crippen LogP contribution in [0.2, 0.25) is 0 Å². The van der Waals surface area contributed by atoms with Crippen LogP contribution in [-0.2, 0) is 9.53 Å². The molecule has 0 radical (unpaired) electrons. The number of anilines is 2. The van der Waals surface area contributed by atoms with Crippen LogP contribution in [0.1, 0.15) is 12.8 Å². The van der Waals surface area contributed by atoms with Crippen molar-refractivity contribution in [2.24, 2.45) is 0 Å². The fourth-order valence-corrected chi connectivity index (χ4v) is 2.26. The monoisotopic (exact) mass is 286 g/mol. The zero-order valence-corrected chi connectivity index (χ0v) is 11.8. The SMILES string of the molecule is COCCSCCCC(=O)Nc1ccc(F)c(N)c1. The Labute approximate surface area is 116 Å². The fourth-order valence-electron chi connectivity index (χ4n) is 1.42. The summed E-state index contributed by atoms with van der Waals surface area (Å²) >= 11 is 1.76. The third-order valence-electron chi connectivity index (χ3n) is 2.40. The molecule has 0 saturated heterocycles. The van der Waals surface area contributed by atoms with Gasteiger partial charge in [-0.15, -0.1) is 0 Å². The molecule has 106 valence electrons. The van der Waals surface area contributed by atoms with Gasteiger partial charge in [-0.05, 0) is 30.4 Å². The summed E-state index contributed by atoms with van der Waals surface area (Å²) < 4.78 is 17.9. The Kier molecular flexibility index (Phi) is 7.28. The molecule has 3 N–H and O–H groups in total. The average molecular weight is 286 g/mol. The lowest BCUT2D eigenvalue weighted by atomic mass is 10.2. The quantitative estimate of drug-likeness (QED) is 0.569. The number of amides is 1. The van der Waals surface area contributed by atoms with Crippen LogP contribution in [-0.4, -0.2) is 31.1 Å². The largest absolute Gasteiger partial charge is 0.396 e. The molecule has 0 bridgehead atoms. The van der Waals surface area contributed by atoms with Crippen molar-refractivity contribution in [3.05, 3.63) is 24.0 Å². The minimum absolute atomic E-state index is 0.0351. The van der Waals surface area contributed by atoms with Gasteiger partial charge < -0.3 is 15.8 Å². The van der Waals surface area contributed by atoms with Crippen molar-refractivity contribution >= 4 is 29.0 Å². The molecular formula is C13H19FN2O2S. The molecule has 0 aliphatic rings. The molecule has 6 heteroatoms. The van der Waals surface area contributed by atoms with E-state index in [-0.39, 0.29) is 11.6 Å². The number of nitrogens with one attached hydrogen (secondary N) is 1. The highest BCUT2D eigenvalue weighted by Crippen LogP contribution is 2.16. The highest BCUT2D eigenvalue weighted by molar-refractivity contribution is 7.99. The smallest absolute Gasteiger partial charge is 0.224 e. The van der Waals surface area contributed by atoms with E-state index in [1.54, 1.807) is 18.9 Å². The van der Waals surface area contributed by atoms with Crippen LogP contribution in [0.15, 0.2) is 18.2 Å². The van der Waals surface area contributed by atoms with Crippen molar-refractivity contribution < 1.29 is 13.9 Å². The van der Waals surface area contributed by atoms with Gasteiger partial charge in [-0.3, -0.25) is 4.79 Å². The van der Waals surface area contributed by atoms with E-state index in [0.29, 0.717) is 12.1 Å². The Bertz CT molecular complexity index is 416. The van der Waals surface area contributed by atoms with Crippen LogP contribution >= 0.6 is 11.8 Å². The summed E-state index contributed by atoms with van der Waals surface area (Å²) in [6.45, 7) is 0.728. The lowest BCUT2D eigenvalue weighted by molar-refractivity contribution is -0.116. The van der Waals surface area contributed by atoms with Crippen LogP contribution in [0.5, 0.6) is 0 Å². The number of carbonyl (C=O) groups is 1. The zero-order chi connectivity index (χ0) is 14.1. The molecule has 1 aromatic carbocycles. The maximum atomic E-state index is 12.9. The van der Waals surface area contributed by atoms with Gasteiger partial charge in [-0.1, -0.05) is 0 Å². The molecule has 1 amide bonds. The molecule has 0 saturated carbocycles. The van der Waals surface area contributed by atoms with Crippen LogP contribution < -0.4 is 11.1 Å². The van der Waals surface area contributed by atoms with Gasteiger partial charge in [0.15, 0.2) is 0 Å². The van der Waals surface area contributed by atoms with Crippen molar-refractivity contribution in [3.8, 4) is 0 Å². The highest BCUT2D eigenvalue weighted by Gasteiger charge is 2.04. The van der Waals surface area contributed by atoms with E-state index in [1.807, 2.05) is 0 Å². The number of halogens is 1. The van der Waals surface area contributed by atoms with E-state index in [9.17, 15) is 9.18 Å². The standard InChI is InChI=1S/C13H19FN2O2S/c1-18-6-8-19-7-2-3-13(17)16-10-4-5-11(14)12(15)9-10/h4-5,9H,2-3,6-8,15H2,1H3,(H,16,17). The first-order chi connectivity index (χ1) is 9.13. The van der Waals surface area contributed by atoms with E-state index in [2.05, 4.69) is 5.32 Å². The second-order valence-corrected chi connectivity index (χ2v) is 5.22. The summed E-state index contributed by atoms with van der Waals surface area (Å²) in [5.74, 6) is 1.29. The summed E-state index contributed by atoms with van der Waals surface area (Å²) in [6.07, 6.45) is 1.24. The predicted molar refractivity (Wildman–Crippen MR) is 77.9 cm³/mol. The number of hydrogen-bond donors (Lipinski definition) is 2. The minimum atomic E-state index is -0.479. The molecule has 0 spiro atoms. The molecule has 0 unspecified atom stereocenters. The van der Waals surface area contributed by atoms with Gasteiger partial charge in [-0.2, -0.15) is 11.8 Å². The van der Waals surface area contributed by atoms with E-state index in [1.165, 1.54) is 18.2 Å².